The van der Waals surface area contributed by atoms with Gasteiger partial charge in [0.05, 0.1) is 17.9 Å². The number of ether oxygens (including phenoxy) is 3. The third kappa shape index (κ3) is 3.94. The molecule has 126 valence electrons. The molecule has 24 heavy (non-hydrogen) atoms. The minimum Gasteiger partial charge on any atom is -0.454 e. The van der Waals surface area contributed by atoms with Gasteiger partial charge in [-0.25, -0.2) is 0 Å². The molecule has 0 bridgehead atoms. The van der Waals surface area contributed by atoms with Crippen LogP contribution in [0.3, 0.4) is 0 Å². The highest BCUT2D eigenvalue weighted by Crippen LogP contribution is 2.32. The first-order valence-electron chi connectivity index (χ1n) is 7.61. The van der Waals surface area contributed by atoms with Crippen LogP contribution in [0, 0.1) is 0 Å². The molecule has 1 aromatic heterocycles. The summed E-state index contributed by atoms with van der Waals surface area (Å²) in [6.45, 7) is 1.87. The van der Waals surface area contributed by atoms with Crippen LogP contribution in [-0.4, -0.2) is 37.9 Å². The third-order valence-corrected chi connectivity index (χ3v) is 3.53. The van der Waals surface area contributed by atoms with Gasteiger partial charge in [-0.1, -0.05) is 6.07 Å². The van der Waals surface area contributed by atoms with Crippen LogP contribution >= 0.6 is 0 Å². The molecule has 0 atom stereocenters. The maximum atomic E-state index is 12.3. The normalized spacial score (nSPS) is 12.0. The van der Waals surface area contributed by atoms with Gasteiger partial charge in [0, 0.05) is 32.6 Å². The quantitative estimate of drug-likeness (QED) is 0.754. The lowest BCUT2D eigenvalue weighted by Crippen LogP contribution is -2.23. The summed E-state index contributed by atoms with van der Waals surface area (Å²) in [6, 6.07) is 7.36. The Balaban J connectivity index is 1.57. The van der Waals surface area contributed by atoms with E-state index in [-0.39, 0.29) is 12.7 Å². The molecule has 2 aromatic rings. The molecule has 0 fully saturated rings. The summed E-state index contributed by atoms with van der Waals surface area (Å²) in [5, 5.41) is 6.02. The highest BCUT2D eigenvalue weighted by Gasteiger charge is 2.13. The van der Waals surface area contributed by atoms with Crippen molar-refractivity contribution in [1.29, 1.82) is 0 Å². The number of hydrogen-bond acceptors (Lipinski definition) is 6. The van der Waals surface area contributed by atoms with E-state index in [1.165, 1.54) is 6.20 Å². The van der Waals surface area contributed by atoms with Gasteiger partial charge in [-0.05, 0) is 23.8 Å². The van der Waals surface area contributed by atoms with Gasteiger partial charge in [0.15, 0.2) is 11.5 Å². The average Bonchev–Trinajstić information content (AvgIpc) is 3.08. The number of benzene rings is 1. The predicted molar refractivity (Wildman–Crippen MR) is 88.3 cm³/mol. The zero-order valence-corrected chi connectivity index (χ0v) is 13.4. The van der Waals surface area contributed by atoms with Crippen molar-refractivity contribution in [3.05, 3.63) is 47.8 Å². The molecule has 0 saturated carbocycles. The number of fused-ring (bicyclic) bond motifs is 1. The van der Waals surface area contributed by atoms with Gasteiger partial charge in [-0.15, -0.1) is 0 Å². The van der Waals surface area contributed by atoms with Gasteiger partial charge in [0.25, 0.3) is 5.91 Å². The summed E-state index contributed by atoms with van der Waals surface area (Å²) in [7, 11) is 1.64. The van der Waals surface area contributed by atoms with Gasteiger partial charge in [-0.2, -0.15) is 0 Å². The van der Waals surface area contributed by atoms with E-state index < -0.39 is 0 Å². The number of rotatable bonds is 7. The van der Waals surface area contributed by atoms with Crippen molar-refractivity contribution in [2.45, 2.75) is 6.54 Å². The molecule has 0 unspecified atom stereocenters. The van der Waals surface area contributed by atoms with Crippen molar-refractivity contribution in [2.24, 2.45) is 0 Å². The third-order valence-electron chi connectivity index (χ3n) is 3.53. The molecule has 2 N–H and O–H groups in total. The predicted octanol–water partition coefficient (Wildman–Crippen LogP) is 1.80. The first kappa shape index (κ1) is 16.1. The number of carbonyl (C=O) groups is 1. The standard InChI is InChI=1S/C17H19N3O4/c1-22-5-4-19-14-7-13(9-18-10-14)17(21)20-8-12-2-3-15-16(6-12)24-11-23-15/h2-3,6-7,9-10,19H,4-5,8,11H2,1H3,(H,20,21). The van der Waals surface area contributed by atoms with E-state index in [1.807, 2.05) is 18.2 Å². The van der Waals surface area contributed by atoms with Crippen LogP contribution in [0.15, 0.2) is 36.7 Å². The van der Waals surface area contributed by atoms with Gasteiger partial charge in [0.1, 0.15) is 0 Å². The largest absolute Gasteiger partial charge is 0.454 e. The lowest BCUT2D eigenvalue weighted by Gasteiger charge is -2.09. The maximum Gasteiger partial charge on any atom is 0.253 e. The number of hydrogen-bond donors (Lipinski definition) is 2. The lowest BCUT2D eigenvalue weighted by atomic mass is 10.2. The van der Waals surface area contributed by atoms with E-state index in [4.69, 9.17) is 14.2 Å². The topological polar surface area (TPSA) is 81.7 Å². The number of pyridine rings is 1. The van der Waals surface area contributed by atoms with E-state index >= 15 is 0 Å². The lowest BCUT2D eigenvalue weighted by molar-refractivity contribution is 0.0950. The Kier molecular flexibility index (Phi) is 5.12. The molecule has 0 spiro atoms. The highest BCUT2D eigenvalue weighted by molar-refractivity contribution is 5.94. The van der Waals surface area contributed by atoms with Crippen molar-refractivity contribution in [2.75, 3.05) is 32.4 Å². The molecular weight excluding hydrogens is 310 g/mol. The molecule has 3 rings (SSSR count). The van der Waals surface area contributed by atoms with Crippen LogP contribution in [-0.2, 0) is 11.3 Å². The second kappa shape index (κ2) is 7.65. The summed E-state index contributed by atoms with van der Waals surface area (Å²) < 4.78 is 15.6. The Morgan fingerprint density at radius 2 is 2.12 bits per heavy atom. The number of methoxy groups -OCH3 is 1. The van der Waals surface area contributed by atoms with Crippen molar-refractivity contribution in [3.63, 3.8) is 0 Å². The monoisotopic (exact) mass is 329 g/mol. The van der Waals surface area contributed by atoms with E-state index in [1.54, 1.807) is 19.4 Å². The van der Waals surface area contributed by atoms with Crippen LogP contribution in [0.25, 0.3) is 0 Å². The van der Waals surface area contributed by atoms with Crippen molar-refractivity contribution in [3.8, 4) is 11.5 Å². The van der Waals surface area contributed by atoms with Crippen LogP contribution in [0.2, 0.25) is 0 Å². The fourth-order valence-electron chi connectivity index (χ4n) is 2.29. The minimum atomic E-state index is -0.185. The molecule has 0 radical (unpaired) electrons. The maximum absolute atomic E-state index is 12.3. The molecule has 7 nitrogen and oxygen atoms in total. The first-order chi connectivity index (χ1) is 11.8. The number of carbonyl (C=O) groups excluding carboxylic acids is 1. The van der Waals surface area contributed by atoms with E-state index in [0.29, 0.717) is 31.0 Å². The summed E-state index contributed by atoms with van der Waals surface area (Å²) in [4.78, 5) is 16.4. The summed E-state index contributed by atoms with van der Waals surface area (Å²) in [5.74, 6) is 1.24. The number of nitrogens with one attached hydrogen (secondary N) is 2. The fourth-order valence-corrected chi connectivity index (χ4v) is 2.29. The summed E-state index contributed by atoms with van der Waals surface area (Å²) in [5.41, 5.74) is 2.22. The van der Waals surface area contributed by atoms with Crippen molar-refractivity contribution >= 4 is 11.6 Å². The smallest absolute Gasteiger partial charge is 0.253 e. The second-order valence-corrected chi connectivity index (χ2v) is 5.25. The Bertz CT molecular complexity index is 721. The molecule has 1 amide bonds. The van der Waals surface area contributed by atoms with E-state index in [2.05, 4.69) is 15.6 Å². The highest BCUT2D eigenvalue weighted by atomic mass is 16.7. The fraction of sp³-hybridized carbons (Fsp3) is 0.294. The van der Waals surface area contributed by atoms with Crippen molar-refractivity contribution < 1.29 is 19.0 Å². The zero-order chi connectivity index (χ0) is 16.8. The van der Waals surface area contributed by atoms with Crippen molar-refractivity contribution in [1.82, 2.24) is 10.3 Å². The number of amides is 1. The van der Waals surface area contributed by atoms with Gasteiger partial charge >= 0.3 is 0 Å². The average molecular weight is 329 g/mol. The molecule has 2 heterocycles. The van der Waals surface area contributed by atoms with E-state index in [0.717, 1.165) is 17.0 Å². The molecule has 0 aliphatic carbocycles. The van der Waals surface area contributed by atoms with E-state index in [9.17, 15) is 4.79 Å². The Morgan fingerprint density at radius 3 is 3.00 bits per heavy atom. The Hall–Kier alpha value is -2.80. The summed E-state index contributed by atoms with van der Waals surface area (Å²) in [6.07, 6.45) is 3.21. The zero-order valence-electron chi connectivity index (χ0n) is 13.4. The van der Waals surface area contributed by atoms with Gasteiger partial charge in [0.2, 0.25) is 6.79 Å². The Labute approximate surface area is 139 Å². The molecule has 1 aliphatic heterocycles. The minimum absolute atomic E-state index is 0.185. The first-order valence-corrected chi connectivity index (χ1v) is 7.61. The molecule has 0 saturated heterocycles. The molecule has 1 aromatic carbocycles. The summed E-state index contributed by atoms with van der Waals surface area (Å²) >= 11 is 0. The van der Waals surface area contributed by atoms with Crippen LogP contribution in [0.4, 0.5) is 5.69 Å². The van der Waals surface area contributed by atoms with Crippen LogP contribution in [0.5, 0.6) is 11.5 Å². The number of aromatic nitrogens is 1. The van der Waals surface area contributed by atoms with Crippen LogP contribution < -0.4 is 20.1 Å². The molecule has 1 aliphatic rings. The van der Waals surface area contributed by atoms with Gasteiger partial charge in [-0.3, -0.25) is 9.78 Å². The Morgan fingerprint density at radius 1 is 1.25 bits per heavy atom. The number of nitrogens with zero attached hydrogens (tertiary/aromatic N) is 1. The molecular formula is C17H19N3O4. The van der Waals surface area contributed by atoms with Gasteiger partial charge < -0.3 is 24.8 Å². The number of anilines is 1. The second-order valence-electron chi connectivity index (χ2n) is 5.25. The SMILES string of the molecule is COCCNc1cncc(C(=O)NCc2ccc3c(c2)OCO3)c1. The molecule has 7 heteroatoms. The van der Waals surface area contributed by atoms with Crippen LogP contribution in [0.1, 0.15) is 15.9 Å².